The van der Waals surface area contributed by atoms with Crippen molar-refractivity contribution >= 4 is 10.1 Å². The summed E-state index contributed by atoms with van der Waals surface area (Å²) in [5.41, 5.74) is 2.47. The van der Waals surface area contributed by atoms with E-state index in [0.717, 1.165) is 62.2 Å². The van der Waals surface area contributed by atoms with E-state index in [4.69, 9.17) is 13.7 Å². The molecule has 4 fully saturated rings. The quantitative estimate of drug-likeness (QED) is 0.198. The number of hydrogen-bond acceptors (Lipinski definition) is 5. The van der Waals surface area contributed by atoms with Crippen LogP contribution in [0.3, 0.4) is 0 Å². The van der Waals surface area contributed by atoms with Crippen LogP contribution in [0.15, 0.2) is 11.6 Å². The summed E-state index contributed by atoms with van der Waals surface area (Å²) >= 11 is 0. The third-order valence-corrected chi connectivity index (χ3v) is 12.0. The van der Waals surface area contributed by atoms with Crippen LogP contribution in [0.5, 0.6) is 0 Å². The Labute approximate surface area is 220 Å². The summed E-state index contributed by atoms with van der Waals surface area (Å²) in [5, 5.41) is 0. The van der Waals surface area contributed by atoms with Gasteiger partial charge in [0.1, 0.15) is 0 Å². The summed E-state index contributed by atoms with van der Waals surface area (Å²) in [4.78, 5) is 0. The van der Waals surface area contributed by atoms with Crippen LogP contribution in [0, 0.1) is 40.4 Å². The minimum absolute atomic E-state index is 0.0239. The monoisotopic (exact) mass is 522 g/mol. The first kappa shape index (κ1) is 27.1. The number of hydrogen-bond donors (Lipinski definition) is 0. The fourth-order valence-corrected chi connectivity index (χ4v) is 9.99. The van der Waals surface area contributed by atoms with Crippen molar-refractivity contribution in [3.63, 3.8) is 0 Å². The lowest BCUT2D eigenvalue weighted by atomic mass is 9.47. The Bertz CT molecular complexity index is 908. The molecule has 0 bridgehead atoms. The fourth-order valence-electron chi connectivity index (χ4n) is 9.57. The second kappa shape index (κ2) is 10.6. The summed E-state index contributed by atoms with van der Waals surface area (Å²) in [6.07, 6.45) is 19.7. The van der Waals surface area contributed by atoms with Crippen molar-refractivity contribution < 1.29 is 22.1 Å². The molecule has 3 saturated carbocycles. The molecular formula is C30H50O5S. The van der Waals surface area contributed by atoms with Gasteiger partial charge in [0.05, 0.1) is 19.0 Å². The topological polar surface area (TPSA) is 61.8 Å². The predicted octanol–water partition coefficient (Wildman–Crippen LogP) is 6.87. The lowest BCUT2D eigenvalue weighted by molar-refractivity contribution is -0.195. The molecule has 0 amide bonds. The molecule has 1 saturated heterocycles. The van der Waals surface area contributed by atoms with E-state index in [9.17, 15) is 8.42 Å². The van der Waals surface area contributed by atoms with E-state index >= 15 is 0 Å². The zero-order valence-corrected chi connectivity index (χ0v) is 24.0. The Balaban J connectivity index is 1.21. The standard InChI is InChI=1S/C30H50O5S/c1-21(8-7-19-34-36(4,31)32)25-12-13-26-24-11-10-22-20-23(35-28-9-5-6-18-33-28)14-16-29(22,2)27(24)15-17-30(25,26)3/h10,21,23-28H,5-9,11-20H2,1-4H3/t21-,23+,24+,25-,26+,27+,28?,29+,30-/m1/s1. The van der Waals surface area contributed by atoms with Crippen LogP contribution >= 0.6 is 0 Å². The lowest BCUT2D eigenvalue weighted by Crippen LogP contribution is -2.51. The first-order valence-corrected chi connectivity index (χ1v) is 16.7. The largest absolute Gasteiger partial charge is 0.353 e. The first-order valence-electron chi connectivity index (χ1n) is 14.9. The molecule has 0 spiro atoms. The van der Waals surface area contributed by atoms with Crippen LogP contribution in [0.2, 0.25) is 0 Å². The summed E-state index contributed by atoms with van der Waals surface area (Å²) < 4.78 is 39.9. The second-order valence-corrected chi connectivity index (χ2v) is 15.1. The van der Waals surface area contributed by atoms with Crippen molar-refractivity contribution in [2.24, 2.45) is 40.4 Å². The lowest BCUT2D eigenvalue weighted by Gasteiger charge is -2.58. The van der Waals surface area contributed by atoms with Crippen LogP contribution in [0.1, 0.15) is 104 Å². The van der Waals surface area contributed by atoms with Gasteiger partial charge >= 0.3 is 0 Å². The third kappa shape index (κ3) is 5.35. The zero-order chi connectivity index (χ0) is 25.6. The molecular weight excluding hydrogens is 472 g/mol. The highest BCUT2D eigenvalue weighted by molar-refractivity contribution is 7.85. The van der Waals surface area contributed by atoms with Crippen LogP contribution in [0.25, 0.3) is 0 Å². The molecule has 9 atom stereocenters. The van der Waals surface area contributed by atoms with Crippen molar-refractivity contribution in [1.82, 2.24) is 0 Å². The van der Waals surface area contributed by atoms with Gasteiger partial charge in [-0.15, -0.1) is 0 Å². The molecule has 0 aromatic heterocycles. The molecule has 1 heterocycles. The fraction of sp³-hybridized carbons (Fsp3) is 0.933. The molecule has 1 aliphatic heterocycles. The molecule has 5 aliphatic rings. The maximum absolute atomic E-state index is 11.3. The van der Waals surface area contributed by atoms with E-state index in [2.05, 4.69) is 26.8 Å². The number of ether oxygens (including phenoxy) is 2. The third-order valence-electron chi connectivity index (χ3n) is 11.4. The molecule has 206 valence electrons. The molecule has 4 aliphatic carbocycles. The van der Waals surface area contributed by atoms with E-state index in [1.807, 2.05) is 0 Å². The van der Waals surface area contributed by atoms with Gasteiger partial charge in [0, 0.05) is 6.61 Å². The number of fused-ring (bicyclic) bond motifs is 5. The molecule has 36 heavy (non-hydrogen) atoms. The molecule has 6 heteroatoms. The van der Waals surface area contributed by atoms with Crippen molar-refractivity contribution in [2.45, 2.75) is 117 Å². The zero-order valence-electron chi connectivity index (χ0n) is 23.2. The van der Waals surface area contributed by atoms with Gasteiger partial charge in [0.25, 0.3) is 10.1 Å². The van der Waals surface area contributed by atoms with E-state index < -0.39 is 10.1 Å². The minimum atomic E-state index is -3.33. The molecule has 1 unspecified atom stereocenters. The first-order chi connectivity index (χ1) is 17.1. The molecule has 0 aromatic rings. The molecule has 0 N–H and O–H groups in total. The van der Waals surface area contributed by atoms with Crippen LogP contribution in [-0.2, 0) is 23.8 Å². The van der Waals surface area contributed by atoms with Crippen molar-refractivity contribution in [1.29, 1.82) is 0 Å². The maximum Gasteiger partial charge on any atom is 0.264 e. The van der Waals surface area contributed by atoms with Gasteiger partial charge in [-0.2, -0.15) is 8.42 Å². The van der Waals surface area contributed by atoms with E-state index in [1.54, 1.807) is 5.57 Å². The predicted molar refractivity (Wildman–Crippen MR) is 143 cm³/mol. The smallest absolute Gasteiger partial charge is 0.264 e. The van der Waals surface area contributed by atoms with Gasteiger partial charge in [-0.25, -0.2) is 0 Å². The number of rotatable bonds is 8. The maximum atomic E-state index is 11.3. The molecule has 0 radical (unpaired) electrons. The highest BCUT2D eigenvalue weighted by atomic mass is 32.2. The summed E-state index contributed by atoms with van der Waals surface area (Å²) in [5.74, 6) is 3.84. The molecule has 5 rings (SSSR count). The van der Waals surface area contributed by atoms with E-state index in [1.165, 1.54) is 57.8 Å². The Morgan fingerprint density at radius 1 is 1.08 bits per heavy atom. The van der Waals surface area contributed by atoms with Gasteiger partial charge in [-0.1, -0.05) is 32.4 Å². The van der Waals surface area contributed by atoms with Crippen LogP contribution in [0.4, 0.5) is 0 Å². The average Bonchev–Trinajstić information content (AvgIpc) is 3.19. The summed E-state index contributed by atoms with van der Waals surface area (Å²) in [6.45, 7) is 8.77. The Morgan fingerprint density at radius 2 is 1.92 bits per heavy atom. The SMILES string of the molecule is C[C@H](CCCOS(C)(=O)=O)[C@H]1CC[C@H]2[C@@H]3CC=C4C[C@@H](OC5CCCCO5)CC[C@]4(C)[C@H]3CC[C@]12C. The summed E-state index contributed by atoms with van der Waals surface area (Å²) in [6, 6.07) is 0. The van der Waals surface area contributed by atoms with Gasteiger partial charge in [0.15, 0.2) is 6.29 Å². The van der Waals surface area contributed by atoms with Gasteiger partial charge in [-0.05, 0) is 124 Å². The van der Waals surface area contributed by atoms with Gasteiger partial charge in [-0.3, -0.25) is 4.18 Å². The van der Waals surface area contributed by atoms with Gasteiger partial charge < -0.3 is 9.47 Å². The average molecular weight is 523 g/mol. The van der Waals surface area contributed by atoms with Gasteiger partial charge in [0.2, 0.25) is 0 Å². The molecule has 5 nitrogen and oxygen atoms in total. The molecule has 0 aromatic carbocycles. The minimum Gasteiger partial charge on any atom is -0.353 e. The van der Waals surface area contributed by atoms with Crippen molar-refractivity contribution in [3.8, 4) is 0 Å². The Hall–Kier alpha value is -0.430. The highest BCUT2D eigenvalue weighted by Gasteiger charge is 2.59. The highest BCUT2D eigenvalue weighted by Crippen LogP contribution is 2.67. The van der Waals surface area contributed by atoms with E-state index in [-0.39, 0.29) is 6.29 Å². The Kier molecular flexibility index (Phi) is 8.01. The summed E-state index contributed by atoms with van der Waals surface area (Å²) in [7, 11) is -3.33. The van der Waals surface area contributed by atoms with E-state index in [0.29, 0.717) is 29.5 Å². The second-order valence-electron chi connectivity index (χ2n) is 13.4. The van der Waals surface area contributed by atoms with Crippen LogP contribution < -0.4 is 0 Å². The Morgan fingerprint density at radius 3 is 2.67 bits per heavy atom. The van der Waals surface area contributed by atoms with Crippen LogP contribution in [-0.4, -0.2) is 40.3 Å². The van der Waals surface area contributed by atoms with Crippen molar-refractivity contribution in [2.75, 3.05) is 19.5 Å². The van der Waals surface area contributed by atoms with Crippen molar-refractivity contribution in [3.05, 3.63) is 11.6 Å². The normalized spacial score (nSPS) is 43.7. The number of allylic oxidation sites excluding steroid dienone is 1.